The summed E-state index contributed by atoms with van der Waals surface area (Å²) in [7, 11) is 1.12. The van der Waals surface area contributed by atoms with Crippen molar-refractivity contribution >= 4 is 0 Å². The van der Waals surface area contributed by atoms with Gasteiger partial charge in [0.2, 0.25) is 0 Å². The number of halogens is 2. The Morgan fingerprint density at radius 3 is 1.67 bits per heavy atom. The second kappa shape index (κ2) is 2.19. The second-order valence-electron chi connectivity index (χ2n) is 2.26. The number of ether oxygens (including phenoxy) is 1. The van der Waals surface area contributed by atoms with Crippen molar-refractivity contribution in [1.82, 2.24) is 0 Å². The fraction of sp³-hybridized carbons (Fsp3) is 1.00. The van der Waals surface area contributed by atoms with Crippen LogP contribution in [-0.4, -0.2) is 23.9 Å². The van der Waals surface area contributed by atoms with Crippen molar-refractivity contribution in [3.63, 3.8) is 0 Å². The number of rotatable bonds is 2. The lowest BCUT2D eigenvalue weighted by Gasteiger charge is -2.27. The van der Waals surface area contributed by atoms with Gasteiger partial charge in [0, 0.05) is 7.11 Å². The molecule has 9 heavy (non-hydrogen) atoms. The molecule has 0 radical (unpaired) electrons. The number of aliphatic hydroxyl groups is 1. The number of hydrogen-bond acceptors (Lipinski definition) is 2. The van der Waals surface area contributed by atoms with Crippen LogP contribution in [0.1, 0.15) is 13.8 Å². The third-order valence-corrected chi connectivity index (χ3v) is 1.23. The average Bonchev–Trinajstić information content (AvgIpc) is 1.64. The van der Waals surface area contributed by atoms with Crippen molar-refractivity contribution in [2.24, 2.45) is 0 Å². The van der Waals surface area contributed by atoms with Gasteiger partial charge in [-0.05, 0) is 13.8 Å². The van der Waals surface area contributed by atoms with Gasteiger partial charge in [0.15, 0.2) is 5.60 Å². The first-order valence-corrected chi connectivity index (χ1v) is 2.46. The van der Waals surface area contributed by atoms with E-state index in [9.17, 15) is 8.78 Å². The summed E-state index contributed by atoms with van der Waals surface area (Å²) in [5, 5.41) is 8.09. The van der Waals surface area contributed by atoms with E-state index in [1.807, 2.05) is 0 Å². The standard InChI is InChI=1S/C5H10F2O2/c1-4(2,9-3)5(6,7)8/h8H,1-3H3. The van der Waals surface area contributed by atoms with Crippen LogP contribution in [0, 0.1) is 0 Å². The van der Waals surface area contributed by atoms with Gasteiger partial charge in [0.05, 0.1) is 0 Å². The molecule has 0 atom stereocenters. The Morgan fingerprint density at radius 2 is 1.67 bits per heavy atom. The minimum Gasteiger partial charge on any atom is -0.370 e. The van der Waals surface area contributed by atoms with E-state index in [2.05, 4.69) is 4.74 Å². The highest BCUT2D eigenvalue weighted by molar-refractivity contribution is 4.76. The quantitative estimate of drug-likeness (QED) is 0.620. The molecule has 0 aliphatic heterocycles. The van der Waals surface area contributed by atoms with E-state index in [4.69, 9.17) is 5.11 Å². The molecule has 0 aromatic rings. The van der Waals surface area contributed by atoms with E-state index in [1.165, 1.54) is 0 Å². The minimum atomic E-state index is -3.78. The van der Waals surface area contributed by atoms with E-state index >= 15 is 0 Å². The zero-order chi connectivity index (χ0) is 7.71. The van der Waals surface area contributed by atoms with E-state index in [1.54, 1.807) is 0 Å². The highest BCUT2D eigenvalue weighted by Crippen LogP contribution is 2.27. The fourth-order valence-electron chi connectivity index (χ4n) is 0.123. The second-order valence-corrected chi connectivity index (χ2v) is 2.26. The first-order valence-electron chi connectivity index (χ1n) is 2.46. The Bertz CT molecular complexity index is 95.6. The van der Waals surface area contributed by atoms with Crippen LogP contribution in [-0.2, 0) is 4.74 Å². The maximum Gasteiger partial charge on any atom is 0.381 e. The smallest absolute Gasteiger partial charge is 0.370 e. The summed E-state index contributed by atoms with van der Waals surface area (Å²) in [6.07, 6.45) is -3.78. The average molecular weight is 140 g/mol. The van der Waals surface area contributed by atoms with Crippen LogP contribution in [0.25, 0.3) is 0 Å². The summed E-state index contributed by atoms with van der Waals surface area (Å²) in [6, 6.07) is 0. The van der Waals surface area contributed by atoms with E-state index in [0.717, 1.165) is 21.0 Å². The molecule has 0 amide bonds. The van der Waals surface area contributed by atoms with Crippen molar-refractivity contribution in [2.75, 3.05) is 7.11 Å². The molecule has 0 aliphatic rings. The van der Waals surface area contributed by atoms with Crippen LogP contribution in [0.15, 0.2) is 0 Å². The molecule has 1 N–H and O–H groups in total. The fourth-order valence-corrected chi connectivity index (χ4v) is 0.123. The molecule has 2 nitrogen and oxygen atoms in total. The summed E-state index contributed by atoms with van der Waals surface area (Å²) >= 11 is 0. The van der Waals surface area contributed by atoms with E-state index in [-0.39, 0.29) is 0 Å². The largest absolute Gasteiger partial charge is 0.381 e. The zero-order valence-corrected chi connectivity index (χ0v) is 5.61. The first-order chi connectivity index (χ1) is 3.81. The Morgan fingerprint density at radius 1 is 1.33 bits per heavy atom. The van der Waals surface area contributed by atoms with Gasteiger partial charge in [-0.3, -0.25) is 0 Å². The topological polar surface area (TPSA) is 29.5 Å². The molecule has 0 aromatic carbocycles. The van der Waals surface area contributed by atoms with E-state index in [0.29, 0.717) is 0 Å². The van der Waals surface area contributed by atoms with Crippen molar-refractivity contribution < 1.29 is 18.6 Å². The molecule has 56 valence electrons. The van der Waals surface area contributed by atoms with Gasteiger partial charge in [0.25, 0.3) is 0 Å². The normalized spacial score (nSPS) is 14.0. The van der Waals surface area contributed by atoms with Gasteiger partial charge in [-0.1, -0.05) is 0 Å². The third-order valence-electron chi connectivity index (χ3n) is 1.23. The predicted octanol–water partition coefficient (Wildman–Crippen LogP) is 0.996. The number of methoxy groups -OCH3 is 1. The van der Waals surface area contributed by atoms with Crippen LogP contribution in [0.5, 0.6) is 0 Å². The molecule has 0 rings (SSSR count). The summed E-state index contributed by atoms with van der Waals surface area (Å²) in [5.74, 6) is 0. The Kier molecular flexibility index (Phi) is 2.14. The van der Waals surface area contributed by atoms with Crippen LogP contribution in [0.4, 0.5) is 8.78 Å². The summed E-state index contributed by atoms with van der Waals surface area (Å²) in [5.41, 5.74) is -1.80. The molecular weight excluding hydrogens is 130 g/mol. The molecule has 0 bridgehead atoms. The Labute approximate surface area is 52.4 Å². The molecular formula is C5H10F2O2. The number of alkyl halides is 2. The van der Waals surface area contributed by atoms with Gasteiger partial charge in [0.1, 0.15) is 0 Å². The highest BCUT2D eigenvalue weighted by Gasteiger charge is 2.45. The molecule has 0 spiro atoms. The first kappa shape index (κ1) is 8.78. The monoisotopic (exact) mass is 140 g/mol. The van der Waals surface area contributed by atoms with Gasteiger partial charge >= 0.3 is 6.11 Å². The zero-order valence-electron chi connectivity index (χ0n) is 5.61. The van der Waals surface area contributed by atoms with Gasteiger partial charge in [-0.15, -0.1) is 0 Å². The van der Waals surface area contributed by atoms with Crippen LogP contribution < -0.4 is 0 Å². The summed E-state index contributed by atoms with van der Waals surface area (Å²) in [4.78, 5) is 0. The van der Waals surface area contributed by atoms with Gasteiger partial charge in [-0.25, -0.2) is 0 Å². The maximum absolute atomic E-state index is 11.9. The molecule has 0 unspecified atom stereocenters. The van der Waals surface area contributed by atoms with Gasteiger partial charge in [-0.2, -0.15) is 8.78 Å². The molecule has 0 aliphatic carbocycles. The van der Waals surface area contributed by atoms with Crippen LogP contribution >= 0.6 is 0 Å². The Hall–Kier alpha value is -0.220. The lowest BCUT2D eigenvalue weighted by molar-refractivity contribution is -0.301. The lowest BCUT2D eigenvalue weighted by Crippen LogP contribution is -2.44. The van der Waals surface area contributed by atoms with Crippen LogP contribution in [0.3, 0.4) is 0 Å². The lowest BCUT2D eigenvalue weighted by atomic mass is 10.1. The molecule has 0 fully saturated rings. The SMILES string of the molecule is COC(C)(C)C(O)(F)F. The van der Waals surface area contributed by atoms with Crippen LogP contribution in [0.2, 0.25) is 0 Å². The predicted molar refractivity (Wildman–Crippen MR) is 28.3 cm³/mol. The molecule has 0 aromatic heterocycles. The molecule has 0 saturated carbocycles. The molecule has 4 heteroatoms. The van der Waals surface area contributed by atoms with Crippen molar-refractivity contribution in [2.45, 2.75) is 25.6 Å². The molecule has 0 saturated heterocycles. The van der Waals surface area contributed by atoms with Crippen molar-refractivity contribution in [1.29, 1.82) is 0 Å². The van der Waals surface area contributed by atoms with E-state index < -0.39 is 11.7 Å². The van der Waals surface area contributed by atoms with Crippen molar-refractivity contribution in [3.05, 3.63) is 0 Å². The number of hydrogen-bond donors (Lipinski definition) is 1. The molecule has 0 heterocycles. The van der Waals surface area contributed by atoms with Crippen molar-refractivity contribution in [3.8, 4) is 0 Å². The Balaban J connectivity index is 4.14. The highest BCUT2D eigenvalue weighted by atomic mass is 19.3. The minimum absolute atomic E-state index is 1.10. The maximum atomic E-state index is 11.9. The summed E-state index contributed by atoms with van der Waals surface area (Å²) < 4.78 is 28.2. The van der Waals surface area contributed by atoms with Gasteiger partial charge < -0.3 is 9.84 Å². The third kappa shape index (κ3) is 1.87. The summed E-state index contributed by atoms with van der Waals surface area (Å²) in [6.45, 7) is 2.21.